The first-order valence-electron chi connectivity index (χ1n) is 8.93. The van der Waals surface area contributed by atoms with Crippen molar-refractivity contribution in [3.8, 4) is 0 Å². The first kappa shape index (κ1) is 21.1. The number of quaternary nitrogens is 1. The summed E-state index contributed by atoms with van der Waals surface area (Å²) in [6.45, 7) is 15.6. The van der Waals surface area contributed by atoms with Crippen molar-refractivity contribution >= 4 is 5.91 Å². The van der Waals surface area contributed by atoms with Crippen LogP contribution < -0.4 is 0 Å². The second-order valence-electron chi connectivity index (χ2n) is 6.01. The van der Waals surface area contributed by atoms with Gasteiger partial charge in [-0.1, -0.05) is 12.5 Å². The van der Waals surface area contributed by atoms with E-state index in [4.69, 9.17) is 0 Å². The van der Waals surface area contributed by atoms with E-state index in [1.165, 1.54) is 0 Å². The summed E-state index contributed by atoms with van der Waals surface area (Å²) in [4.78, 5) is 14.3. The summed E-state index contributed by atoms with van der Waals surface area (Å²) in [5.74, 6) is 0.274. The van der Waals surface area contributed by atoms with Gasteiger partial charge >= 0.3 is 0 Å². The number of carbonyl (C=O) groups is 1. The molecule has 0 saturated carbocycles. The molecule has 0 unspecified atom stereocenters. The third-order valence-corrected chi connectivity index (χ3v) is 4.79. The standard InChI is InChI=1S/C18H37N2O2/c1-5-9-10-11-12-13-18(22)19(6-2)14-15-20(7-3,8-4)16-17-21/h5,21H,1,6-17H2,2-4H3/q+1. The van der Waals surface area contributed by atoms with Crippen molar-refractivity contribution in [1.29, 1.82) is 0 Å². The molecule has 0 spiro atoms. The number of nitrogens with zero attached hydrogens (tertiary/aromatic N) is 2. The van der Waals surface area contributed by atoms with E-state index >= 15 is 0 Å². The number of amides is 1. The first-order valence-corrected chi connectivity index (χ1v) is 8.93. The smallest absolute Gasteiger partial charge is 0.222 e. The van der Waals surface area contributed by atoms with Crippen LogP contribution in [0.3, 0.4) is 0 Å². The second kappa shape index (κ2) is 12.7. The van der Waals surface area contributed by atoms with E-state index in [2.05, 4.69) is 20.4 Å². The molecule has 0 aromatic carbocycles. The van der Waals surface area contributed by atoms with Crippen LogP contribution in [0.15, 0.2) is 12.7 Å². The lowest BCUT2D eigenvalue weighted by Gasteiger charge is -2.38. The van der Waals surface area contributed by atoms with Gasteiger partial charge in [-0.3, -0.25) is 4.79 Å². The van der Waals surface area contributed by atoms with Gasteiger partial charge in [0, 0.05) is 13.0 Å². The largest absolute Gasteiger partial charge is 0.391 e. The second-order valence-corrected chi connectivity index (χ2v) is 6.01. The molecule has 0 aliphatic carbocycles. The zero-order valence-electron chi connectivity index (χ0n) is 15.0. The van der Waals surface area contributed by atoms with Crippen molar-refractivity contribution in [3.05, 3.63) is 12.7 Å². The number of aliphatic hydroxyl groups excluding tert-OH is 1. The van der Waals surface area contributed by atoms with Gasteiger partial charge in [0.1, 0.15) is 6.54 Å². The molecule has 0 bridgehead atoms. The Morgan fingerprint density at radius 1 is 1.14 bits per heavy atom. The normalized spacial score (nSPS) is 11.5. The number of unbranched alkanes of at least 4 members (excludes halogenated alkanes) is 3. The van der Waals surface area contributed by atoms with E-state index < -0.39 is 0 Å². The maximum absolute atomic E-state index is 12.3. The lowest BCUT2D eigenvalue weighted by molar-refractivity contribution is -0.924. The molecule has 130 valence electrons. The van der Waals surface area contributed by atoms with Crippen LogP contribution in [0, 0.1) is 0 Å². The predicted octanol–water partition coefficient (Wildman–Crippen LogP) is 2.82. The number of aliphatic hydroxyl groups is 1. The summed E-state index contributed by atoms with van der Waals surface area (Å²) in [6.07, 6.45) is 6.84. The van der Waals surface area contributed by atoms with Crippen LogP contribution in [-0.2, 0) is 4.79 Å². The van der Waals surface area contributed by atoms with Gasteiger partial charge in [-0.25, -0.2) is 0 Å². The van der Waals surface area contributed by atoms with Crippen molar-refractivity contribution in [2.75, 3.05) is 45.9 Å². The van der Waals surface area contributed by atoms with Gasteiger partial charge in [-0.2, -0.15) is 0 Å². The van der Waals surface area contributed by atoms with Crippen molar-refractivity contribution in [2.45, 2.75) is 52.9 Å². The first-order chi connectivity index (χ1) is 10.6. The summed E-state index contributed by atoms with van der Waals surface area (Å²) < 4.78 is 0.889. The number of carbonyl (C=O) groups excluding carboxylic acids is 1. The maximum Gasteiger partial charge on any atom is 0.222 e. The molecule has 4 heteroatoms. The van der Waals surface area contributed by atoms with Gasteiger partial charge in [0.2, 0.25) is 5.91 Å². The van der Waals surface area contributed by atoms with Crippen molar-refractivity contribution < 1.29 is 14.4 Å². The summed E-state index contributed by atoms with van der Waals surface area (Å²) in [6, 6.07) is 0. The third-order valence-electron chi connectivity index (χ3n) is 4.79. The molecular weight excluding hydrogens is 276 g/mol. The van der Waals surface area contributed by atoms with Crippen LogP contribution >= 0.6 is 0 Å². The minimum Gasteiger partial charge on any atom is -0.391 e. The highest BCUT2D eigenvalue weighted by molar-refractivity contribution is 5.76. The third kappa shape index (κ3) is 7.95. The summed E-state index contributed by atoms with van der Waals surface area (Å²) in [5.41, 5.74) is 0. The Balaban J connectivity index is 4.27. The fourth-order valence-corrected chi connectivity index (χ4v) is 2.87. The van der Waals surface area contributed by atoms with Gasteiger partial charge < -0.3 is 14.5 Å². The minimum absolute atomic E-state index is 0.213. The highest BCUT2D eigenvalue weighted by atomic mass is 16.3. The molecule has 0 aliphatic heterocycles. The topological polar surface area (TPSA) is 40.5 Å². The summed E-state index contributed by atoms with van der Waals surface area (Å²) in [5, 5.41) is 9.28. The average molecular weight is 314 g/mol. The van der Waals surface area contributed by atoms with E-state index in [0.717, 1.165) is 69.4 Å². The van der Waals surface area contributed by atoms with Crippen LogP contribution in [0.2, 0.25) is 0 Å². The predicted molar refractivity (Wildman–Crippen MR) is 93.7 cm³/mol. The molecule has 0 aliphatic rings. The lowest BCUT2D eigenvalue weighted by atomic mass is 10.1. The molecule has 0 heterocycles. The van der Waals surface area contributed by atoms with E-state index in [1.807, 2.05) is 17.9 Å². The highest BCUT2D eigenvalue weighted by Crippen LogP contribution is 2.09. The number of allylic oxidation sites excluding steroid dienone is 1. The minimum atomic E-state index is 0.213. The molecule has 0 rings (SSSR count). The lowest BCUT2D eigenvalue weighted by Crippen LogP contribution is -2.53. The van der Waals surface area contributed by atoms with Gasteiger partial charge in [0.25, 0.3) is 0 Å². The quantitative estimate of drug-likeness (QED) is 0.304. The Kier molecular flexibility index (Phi) is 12.2. The fraction of sp³-hybridized carbons (Fsp3) is 0.833. The van der Waals surface area contributed by atoms with Crippen LogP contribution in [-0.4, -0.2) is 66.3 Å². The SMILES string of the molecule is C=CCCCCCC(=O)N(CC)CC[N+](CC)(CC)CCO. The van der Waals surface area contributed by atoms with Gasteiger partial charge in [-0.05, 0) is 40.0 Å². The Bertz CT molecular complexity index is 301. The Morgan fingerprint density at radius 3 is 2.32 bits per heavy atom. The molecule has 1 amide bonds. The Labute approximate surface area is 137 Å². The van der Waals surface area contributed by atoms with E-state index in [0.29, 0.717) is 6.42 Å². The molecular formula is C18H37N2O2+. The zero-order valence-corrected chi connectivity index (χ0v) is 15.0. The van der Waals surface area contributed by atoms with Crippen molar-refractivity contribution in [3.63, 3.8) is 0 Å². The molecule has 0 radical (unpaired) electrons. The Hall–Kier alpha value is -0.870. The number of hydrogen-bond acceptors (Lipinski definition) is 2. The average Bonchev–Trinajstić information content (AvgIpc) is 2.54. The van der Waals surface area contributed by atoms with Gasteiger partial charge in [-0.15, -0.1) is 6.58 Å². The molecule has 0 aromatic heterocycles. The molecule has 0 fully saturated rings. The van der Waals surface area contributed by atoms with E-state index in [1.54, 1.807) is 0 Å². The van der Waals surface area contributed by atoms with E-state index in [9.17, 15) is 9.90 Å². The fourth-order valence-electron chi connectivity index (χ4n) is 2.87. The van der Waals surface area contributed by atoms with Crippen LogP contribution in [0.4, 0.5) is 0 Å². The highest BCUT2D eigenvalue weighted by Gasteiger charge is 2.24. The molecule has 0 saturated heterocycles. The van der Waals surface area contributed by atoms with Crippen LogP contribution in [0.5, 0.6) is 0 Å². The number of hydrogen-bond donors (Lipinski definition) is 1. The maximum atomic E-state index is 12.3. The zero-order chi connectivity index (χ0) is 16.8. The van der Waals surface area contributed by atoms with Crippen LogP contribution in [0.1, 0.15) is 52.9 Å². The Morgan fingerprint density at radius 2 is 1.82 bits per heavy atom. The molecule has 0 aromatic rings. The summed E-state index contributed by atoms with van der Waals surface area (Å²) in [7, 11) is 0. The molecule has 1 N–H and O–H groups in total. The molecule has 22 heavy (non-hydrogen) atoms. The van der Waals surface area contributed by atoms with E-state index in [-0.39, 0.29) is 12.5 Å². The number of likely N-dealkylation sites (N-methyl/N-ethyl adjacent to an activating group) is 2. The molecule has 0 atom stereocenters. The van der Waals surface area contributed by atoms with Crippen LogP contribution in [0.25, 0.3) is 0 Å². The van der Waals surface area contributed by atoms with Crippen molar-refractivity contribution in [1.82, 2.24) is 4.90 Å². The van der Waals surface area contributed by atoms with Gasteiger partial charge in [0.15, 0.2) is 0 Å². The monoisotopic (exact) mass is 313 g/mol. The number of rotatable bonds is 14. The van der Waals surface area contributed by atoms with Crippen molar-refractivity contribution in [2.24, 2.45) is 0 Å². The summed E-state index contributed by atoms with van der Waals surface area (Å²) >= 11 is 0. The molecule has 4 nitrogen and oxygen atoms in total. The van der Waals surface area contributed by atoms with Gasteiger partial charge in [0.05, 0.1) is 32.8 Å².